The first-order valence-electron chi connectivity index (χ1n) is 12.0. The zero-order valence-electron chi connectivity index (χ0n) is 20.0. The van der Waals surface area contributed by atoms with Gasteiger partial charge >= 0.3 is 12.3 Å². The van der Waals surface area contributed by atoms with Crippen LogP contribution in [0, 0.1) is 23.4 Å². The molecule has 2 heterocycles. The van der Waals surface area contributed by atoms with E-state index < -0.39 is 72.0 Å². The van der Waals surface area contributed by atoms with E-state index in [9.17, 15) is 40.7 Å². The molecule has 0 saturated heterocycles. The maximum Gasteiger partial charge on any atom is 0.449 e. The quantitative estimate of drug-likeness (QED) is 0.306. The molecule has 2 N–H and O–H groups in total. The highest BCUT2D eigenvalue weighted by Crippen LogP contribution is 2.35. The highest BCUT2D eigenvalue weighted by molar-refractivity contribution is 5.97. The number of hydrogen-bond donors (Lipinski definition) is 2. The van der Waals surface area contributed by atoms with E-state index in [1.54, 1.807) is 0 Å². The van der Waals surface area contributed by atoms with Crippen molar-refractivity contribution in [1.29, 1.82) is 0 Å². The Bertz CT molecular complexity index is 1260. The zero-order chi connectivity index (χ0) is 27.8. The van der Waals surface area contributed by atoms with Crippen LogP contribution >= 0.6 is 0 Å². The molecule has 0 unspecified atom stereocenters. The fourth-order valence-electron chi connectivity index (χ4n) is 5.05. The molecule has 0 bridgehead atoms. The van der Waals surface area contributed by atoms with Crippen molar-refractivity contribution in [2.24, 2.45) is 5.92 Å². The molecule has 1 aromatic carbocycles. The van der Waals surface area contributed by atoms with Gasteiger partial charge in [0.25, 0.3) is 0 Å². The molecule has 14 heteroatoms. The van der Waals surface area contributed by atoms with Gasteiger partial charge in [-0.2, -0.15) is 13.2 Å². The van der Waals surface area contributed by atoms with Crippen molar-refractivity contribution in [3.8, 4) is 0 Å². The first-order chi connectivity index (χ1) is 17.8. The zero-order valence-corrected chi connectivity index (χ0v) is 20.0. The summed E-state index contributed by atoms with van der Waals surface area (Å²) in [5.74, 6) is -6.79. The highest BCUT2D eigenvalue weighted by atomic mass is 19.4. The van der Waals surface area contributed by atoms with Crippen molar-refractivity contribution in [1.82, 2.24) is 19.8 Å². The molecule has 38 heavy (non-hydrogen) atoms. The summed E-state index contributed by atoms with van der Waals surface area (Å²) in [5.41, 5.74) is -0.750. The molecule has 1 aliphatic heterocycles. The van der Waals surface area contributed by atoms with Gasteiger partial charge in [-0.05, 0) is 30.9 Å². The molecule has 2 aliphatic rings. The second-order valence-corrected chi connectivity index (χ2v) is 9.45. The number of ketones is 1. The fourth-order valence-corrected chi connectivity index (χ4v) is 5.05. The number of alkyl halides is 3. The van der Waals surface area contributed by atoms with Gasteiger partial charge in [0, 0.05) is 37.5 Å². The number of hydrogen-bond acceptors (Lipinski definition) is 4. The summed E-state index contributed by atoms with van der Waals surface area (Å²) in [4.78, 5) is 42.1. The minimum atomic E-state index is -4.82. The van der Waals surface area contributed by atoms with Crippen molar-refractivity contribution < 1.29 is 45.8 Å². The predicted octanol–water partition coefficient (Wildman–Crippen LogP) is 4.30. The average Bonchev–Trinajstić information content (AvgIpc) is 3.49. The van der Waals surface area contributed by atoms with E-state index in [0.29, 0.717) is 25.0 Å². The molecule has 4 rings (SSSR count). The molecule has 8 nitrogen and oxygen atoms in total. The van der Waals surface area contributed by atoms with Gasteiger partial charge in [-0.15, -0.1) is 0 Å². The summed E-state index contributed by atoms with van der Waals surface area (Å²) in [6.07, 6.45) is -4.77. The van der Waals surface area contributed by atoms with Crippen LogP contribution in [0.15, 0.2) is 12.1 Å². The predicted molar refractivity (Wildman–Crippen MR) is 119 cm³/mol. The third-order valence-corrected chi connectivity index (χ3v) is 6.88. The summed E-state index contributed by atoms with van der Waals surface area (Å²) in [6.45, 7) is -0.841. The van der Waals surface area contributed by atoms with Crippen LogP contribution in [0.3, 0.4) is 0 Å². The average molecular weight is 546 g/mol. The molecule has 0 radical (unpaired) electrons. The lowest BCUT2D eigenvalue weighted by Gasteiger charge is -2.31. The summed E-state index contributed by atoms with van der Waals surface area (Å²) in [5, 5.41) is 11.2. The first-order valence-corrected chi connectivity index (χ1v) is 12.0. The number of benzene rings is 1. The van der Waals surface area contributed by atoms with Gasteiger partial charge in [0.2, 0.25) is 11.7 Å². The molecule has 2 aromatic rings. The van der Waals surface area contributed by atoms with Crippen LogP contribution in [0.5, 0.6) is 0 Å². The van der Waals surface area contributed by atoms with Crippen LogP contribution in [-0.2, 0) is 30.5 Å². The summed E-state index contributed by atoms with van der Waals surface area (Å²) >= 11 is 0. The Hall–Kier alpha value is -3.58. The number of imidazole rings is 1. The highest BCUT2D eigenvalue weighted by Gasteiger charge is 2.42. The second-order valence-electron chi connectivity index (χ2n) is 9.45. The van der Waals surface area contributed by atoms with Crippen molar-refractivity contribution in [3.05, 3.63) is 52.4 Å². The van der Waals surface area contributed by atoms with Gasteiger partial charge in [0.15, 0.2) is 17.4 Å². The number of rotatable bonds is 7. The molecular weight excluding hydrogens is 522 g/mol. The van der Waals surface area contributed by atoms with Crippen molar-refractivity contribution in [3.63, 3.8) is 0 Å². The van der Waals surface area contributed by atoms with Crippen LogP contribution in [-0.4, -0.2) is 49.9 Å². The molecular formula is C24H24F6N4O4. The number of halogens is 6. The van der Waals surface area contributed by atoms with Crippen LogP contribution in [0.1, 0.15) is 59.7 Å². The molecule has 206 valence electrons. The molecule has 1 aliphatic carbocycles. The van der Waals surface area contributed by atoms with E-state index in [1.807, 2.05) is 5.32 Å². The maximum atomic E-state index is 14.1. The normalized spacial score (nSPS) is 16.8. The third-order valence-electron chi connectivity index (χ3n) is 6.88. The van der Waals surface area contributed by atoms with Gasteiger partial charge in [-0.25, -0.2) is 22.9 Å². The number of aromatic nitrogens is 2. The SMILES string of the molecule is O=C(O)N[C@@H](CC(=O)N1CCn2c(C(F)(F)F)nc(C(=O)C3CCCC3)c2C1)Cc1cc(F)c(F)cc1F. The smallest absolute Gasteiger partial charge is 0.449 e. The molecule has 1 saturated carbocycles. The van der Waals surface area contributed by atoms with E-state index >= 15 is 0 Å². The Morgan fingerprint density at radius 1 is 1.05 bits per heavy atom. The molecule has 1 aromatic heterocycles. The Labute approximate surface area is 212 Å². The molecule has 0 spiro atoms. The van der Waals surface area contributed by atoms with Crippen LogP contribution in [0.2, 0.25) is 0 Å². The minimum absolute atomic E-state index is 0.0526. The van der Waals surface area contributed by atoms with Gasteiger partial charge in [-0.3, -0.25) is 9.59 Å². The van der Waals surface area contributed by atoms with Crippen molar-refractivity contribution >= 4 is 17.8 Å². The van der Waals surface area contributed by atoms with E-state index in [4.69, 9.17) is 5.11 Å². The van der Waals surface area contributed by atoms with Crippen LogP contribution < -0.4 is 5.32 Å². The Balaban J connectivity index is 1.56. The first kappa shape index (κ1) is 27.5. The third kappa shape index (κ3) is 5.78. The van der Waals surface area contributed by atoms with Crippen molar-refractivity contribution in [2.75, 3.05) is 6.54 Å². The van der Waals surface area contributed by atoms with Crippen LogP contribution in [0.25, 0.3) is 0 Å². The topological polar surface area (TPSA) is 105 Å². The van der Waals surface area contributed by atoms with E-state index in [2.05, 4.69) is 4.98 Å². The Morgan fingerprint density at radius 2 is 1.71 bits per heavy atom. The number of Topliss-reactive ketones (excluding diaryl/α,β-unsaturated/α-hetero) is 1. The lowest BCUT2D eigenvalue weighted by Crippen LogP contribution is -2.44. The molecule has 1 atom stereocenters. The lowest BCUT2D eigenvalue weighted by molar-refractivity contribution is -0.148. The molecule has 2 amide bonds. The fraction of sp³-hybridized carbons (Fsp3) is 0.500. The van der Waals surface area contributed by atoms with Gasteiger partial charge in [0.1, 0.15) is 11.5 Å². The lowest BCUT2D eigenvalue weighted by atomic mass is 9.98. The summed E-state index contributed by atoms with van der Waals surface area (Å²) < 4.78 is 82.8. The number of fused-ring (bicyclic) bond motifs is 1. The van der Waals surface area contributed by atoms with Gasteiger partial charge in [-0.1, -0.05) is 12.8 Å². The van der Waals surface area contributed by atoms with Gasteiger partial charge < -0.3 is 19.9 Å². The minimum Gasteiger partial charge on any atom is -0.465 e. The Morgan fingerprint density at radius 3 is 2.34 bits per heavy atom. The summed E-state index contributed by atoms with van der Waals surface area (Å²) in [6, 6.07) is -0.390. The number of carboxylic acid groups (broad SMARTS) is 1. The number of nitrogens with zero attached hydrogens (tertiary/aromatic N) is 3. The molecule has 1 fully saturated rings. The summed E-state index contributed by atoms with van der Waals surface area (Å²) in [7, 11) is 0. The number of carbonyl (C=O) groups excluding carboxylic acids is 2. The van der Waals surface area contributed by atoms with E-state index in [1.165, 1.54) is 4.90 Å². The van der Waals surface area contributed by atoms with Crippen LogP contribution in [0.4, 0.5) is 31.1 Å². The number of carbonyl (C=O) groups is 3. The van der Waals surface area contributed by atoms with E-state index in [0.717, 1.165) is 17.4 Å². The van der Waals surface area contributed by atoms with Gasteiger partial charge in [0.05, 0.1) is 12.2 Å². The Kier molecular flexibility index (Phi) is 7.70. The maximum absolute atomic E-state index is 14.1. The standard InChI is InChI=1S/C24H24F6N4O4/c25-15-10-17(27)16(26)8-13(15)7-14(31-23(37)38)9-19(35)33-5-6-34-18(11-33)20(32-22(34)24(28,29)30)21(36)12-3-1-2-4-12/h8,10,12,14,31H,1-7,9,11H2,(H,37,38)/t14-/m1/s1. The van der Waals surface area contributed by atoms with E-state index in [-0.39, 0.29) is 36.6 Å². The number of nitrogens with one attached hydrogen (secondary N) is 1. The van der Waals surface area contributed by atoms with Crippen molar-refractivity contribution in [2.45, 2.75) is 63.8 Å². The number of amides is 2. The second kappa shape index (κ2) is 10.7. The monoisotopic (exact) mass is 546 g/mol. The largest absolute Gasteiger partial charge is 0.465 e.